The molecule has 0 bridgehead atoms. The molecule has 1 aliphatic heterocycles. The summed E-state index contributed by atoms with van der Waals surface area (Å²) in [6.45, 7) is 8.24. The molecule has 0 aromatic carbocycles. The van der Waals surface area contributed by atoms with Gasteiger partial charge in [0, 0.05) is 30.0 Å². The van der Waals surface area contributed by atoms with Gasteiger partial charge in [-0.1, -0.05) is 0 Å². The van der Waals surface area contributed by atoms with Crippen molar-refractivity contribution in [1.29, 1.82) is 0 Å². The van der Waals surface area contributed by atoms with Crippen LogP contribution in [0.15, 0.2) is 0 Å². The number of ether oxygens (including phenoxy) is 1. The van der Waals surface area contributed by atoms with Crippen molar-refractivity contribution in [3.8, 4) is 0 Å². The quantitative estimate of drug-likeness (QED) is 0.882. The van der Waals surface area contributed by atoms with Gasteiger partial charge in [-0.05, 0) is 20.8 Å². The summed E-state index contributed by atoms with van der Waals surface area (Å²) in [5.41, 5.74) is 2.19. The van der Waals surface area contributed by atoms with Crippen molar-refractivity contribution < 1.29 is 14.6 Å². The zero-order valence-corrected chi connectivity index (χ0v) is 11.5. The van der Waals surface area contributed by atoms with E-state index in [-0.39, 0.29) is 0 Å². The average molecular weight is 265 g/mol. The first-order chi connectivity index (χ1) is 9.00. The number of carboxylic acids is 1. The van der Waals surface area contributed by atoms with Crippen LogP contribution in [0.3, 0.4) is 0 Å². The van der Waals surface area contributed by atoms with Gasteiger partial charge in [0.2, 0.25) is 5.95 Å². The molecule has 1 unspecified atom stereocenters. The van der Waals surface area contributed by atoms with E-state index in [2.05, 4.69) is 14.9 Å². The molecule has 1 fully saturated rings. The smallest absolute Gasteiger partial charge is 0.310 e. The van der Waals surface area contributed by atoms with Crippen molar-refractivity contribution in [1.82, 2.24) is 9.97 Å². The molecule has 0 spiro atoms. The highest BCUT2D eigenvalue weighted by atomic mass is 16.5. The number of aliphatic carboxylic acids is 1. The molecule has 1 atom stereocenters. The van der Waals surface area contributed by atoms with Crippen LogP contribution >= 0.6 is 0 Å². The van der Waals surface area contributed by atoms with Gasteiger partial charge in [0.05, 0.1) is 19.1 Å². The molecule has 1 aromatic rings. The highest BCUT2D eigenvalue weighted by Gasteiger charge is 2.22. The second-order valence-electron chi connectivity index (χ2n) is 4.77. The summed E-state index contributed by atoms with van der Waals surface area (Å²) in [5.74, 6) is -0.771. The molecular weight excluding hydrogens is 246 g/mol. The van der Waals surface area contributed by atoms with Gasteiger partial charge in [-0.3, -0.25) is 4.79 Å². The first-order valence-corrected chi connectivity index (χ1v) is 6.41. The Labute approximate surface area is 112 Å². The Balaban J connectivity index is 2.33. The van der Waals surface area contributed by atoms with Crippen LogP contribution in [0.1, 0.15) is 29.8 Å². The third-order valence-corrected chi connectivity index (χ3v) is 3.41. The molecule has 6 nitrogen and oxygen atoms in total. The summed E-state index contributed by atoms with van der Waals surface area (Å²) < 4.78 is 5.30. The van der Waals surface area contributed by atoms with Gasteiger partial charge >= 0.3 is 5.97 Å². The van der Waals surface area contributed by atoms with E-state index < -0.39 is 11.9 Å². The summed E-state index contributed by atoms with van der Waals surface area (Å²) in [4.78, 5) is 22.1. The van der Waals surface area contributed by atoms with E-state index in [1.165, 1.54) is 0 Å². The van der Waals surface area contributed by atoms with Crippen LogP contribution < -0.4 is 4.90 Å². The summed E-state index contributed by atoms with van der Waals surface area (Å²) >= 11 is 0. The number of hydrogen-bond donors (Lipinski definition) is 1. The number of carboxylic acid groups (broad SMARTS) is 1. The van der Waals surface area contributed by atoms with Gasteiger partial charge in [0.15, 0.2) is 0 Å². The van der Waals surface area contributed by atoms with Crippen LogP contribution in [0.2, 0.25) is 0 Å². The first-order valence-electron chi connectivity index (χ1n) is 6.41. The SMILES string of the molecule is Cc1nc(N2CCOCC2)nc(C)c1C(C)C(=O)O. The third kappa shape index (κ3) is 2.84. The molecule has 104 valence electrons. The molecule has 1 N–H and O–H groups in total. The Hall–Kier alpha value is -1.69. The van der Waals surface area contributed by atoms with Crippen molar-refractivity contribution in [2.75, 3.05) is 31.2 Å². The fraction of sp³-hybridized carbons (Fsp3) is 0.615. The van der Waals surface area contributed by atoms with Crippen molar-refractivity contribution in [2.45, 2.75) is 26.7 Å². The Morgan fingerprint density at radius 2 is 1.79 bits per heavy atom. The predicted octanol–water partition coefficient (Wildman–Crippen LogP) is 1.12. The number of morpholine rings is 1. The maximum absolute atomic E-state index is 11.1. The fourth-order valence-corrected chi connectivity index (χ4v) is 2.36. The lowest BCUT2D eigenvalue weighted by atomic mass is 9.98. The number of carbonyl (C=O) groups is 1. The molecule has 0 radical (unpaired) electrons. The Morgan fingerprint density at radius 1 is 1.26 bits per heavy atom. The van der Waals surface area contributed by atoms with Gasteiger partial charge in [0.1, 0.15) is 0 Å². The number of aromatic nitrogens is 2. The lowest BCUT2D eigenvalue weighted by Gasteiger charge is -2.28. The second kappa shape index (κ2) is 5.52. The monoisotopic (exact) mass is 265 g/mol. The van der Waals surface area contributed by atoms with Crippen molar-refractivity contribution in [2.24, 2.45) is 0 Å². The van der Waals surface area contributed by atoms with E-state index in [9.17, 15) is 4.79 Å². The molecule has 0 aliphatic carbocycles. The lowest BCUT2D eigenvalue weighted by Crippen LogP contribution is -2.37. The standard InChI is InChI=1S/C13H19N3O3/c1-8(12(17)18)11-9(2)14-13(15-10(11)3)16-4-6-19-7-5-16/h8H,4-7H2,1-3H3,(H,17,18). The molecule has 6 heteroatoms. The molecule has 0 saturated carbocycles. The van der Waals surface area contributed by atoms with E-state index in [1.54, 1.807) is 6.92 Å². The molecule has 1 aromatic heterocycles. The van der Waals surface area contributed by atoms with Gasteiger partial charge in [-0.2, -0.15) is 0 Å². The van der Waals surface area contributed by atoms with Gasteiger partial charge in [-0.25, -0.2) is 9.97 Å². The van der Waals surface area contributed by atoms with E-state index >= 15 is 0 Å². The topological polar surface area (TPSA) is 75.5 Å². The summed E-state index contributed by atoms with van der Waals surface area (Å²) in [7, 11) is 0. The molecule has 1 aliphatic rings. The van der Waals surface area contributed by atoms with Crippen LogP contribution in [0.5, 0.6) is 0 Å². The van der Waals surface area contributed by atoms with Crippen LogP contribution in [-0.2, 0) is 9.53 Å². The zero-order chi connectivity index (χ0) is 14.0. The Kier molecular flexibility index (Phi) is 3.99. The minimum Gasteiger partial charge on any atom is -0.481 e. The molecule has 2 rings (SSSR count). The van der Waals surface area contributed by atoms with Crippen LogP contribution in [-0.4, -0.2) is 47.3 Å². The second-order valence-corrected chi connectivity index (χ2v) is 4.77. The van der Waals surface area contributed by atoms with E-state index in [0.29, 0.717) is 24.7 Å². The normalized spacial score (nSPS) is 17.3. The molecular formula is C13H19N3O3. The number of hydrogen-bond acceptors (Lipinski definition) is 5. The van der Waals surface area contributed by atoms with Gasteiger partial charge < -0.3 is 14.7 Å². The molecule has 2 heterocycles. The van der Waals surface area contributed by atoms with E-state index in [0.717, 1.165) is 24.5 Å². The van der Waals surface area contributed by atoms with E-state index in [1.807, 2.05) is 13.8 Å². The van der Waals surface area contributed by atoms with Crippen LogP contribution in [0, 0.1) is 13.8 Å². The highest BCUT2D eigenvalue weighted by Crippen LogP contribution is 2.24. The summed E-state index contributed by atoms with van der Waals surface area (Å²) in [6, 6.07) is 0. The average Bonchev–Trinajstić information content (AvgIpc) is 2.38. The van der Waals surface area contributed by atoms with Crippen LogP contribution in [0.25, 0.3) is 0 Å². The largest absolute Gasteiger partial charge is 0.481 e. The lowest BCUT2D eigenvalue weighted by molar-refractivity contribution is -0.138. The molecule has 1 saturated heterocycles. The first kappa shape index (κ1) is 13.7. The maximum Gasteiger partial charge on any atom is 0.310 e. The van der Waals surface area contributed by atoms with Gasteiger partial charge in [-0.15, -0.1) is 0 Å². The minimum atomic E-state index is -0.853. The Morgan fingerprint density at radius 3 is 2.26 bits per heavy atom. The third-order valence-electron chi connectivity index (χ3n) is 3.41. The maximum atomic E-state index is 11.1. The summed E-state index contributed by atoms with van der Waals surface area (Å²) in [6.07, 6.45) is 0. The van der Waals surface area contributed by atoms with Crippen molar-refractivity contribution >= 4 is 11.9 Å². The Bertz CT molecular complexity index is 461. The van der Waals surface area contributed by atoms with Crippen molar-refractivity contribution in [3.05, 3.63) is 17.0 Å². The minimum absolute atomic E-state index is 0.585. The number of nitrogens with zero attached hydrogens (tertiary/aromatic N) is 3. The van der Waals surface area contributed by atoms with Crippen molar-refractivity contribution in [3.63, 3.8) is 0 Å². The fourth-order valence-electron chi connectivity index (χ4n) is 2.36. The predicted molar refractivity (Wildman–Crippen MR) is 70.6 cm³/mol. The number of rotatable bonds is 3. The van der Waals surface area contributed by atoms with E-state index in [4.69, 9.17) is 9.84 Å². The summed E-state index contributed by atoms with van der Waals surface area (Å²) in [5, 5.41) is 9.12. The highest BCUT2D eigenvalue weighted by molar-refractivity contribution is 5.76. The number of aryl methyl sites for hydroxylation is 2. The zero-order valence-electron chi connectivity index (χ0n) is 11.5. The van der Waals surface area contributed by atoms with Crippen LogP contribution in [0.4, 0.5) is 5.95 Å². The molecule has 0 amide bonds. The van der Waals surface area contributed by atoms with Gasteiger partial charge in [0.25, 0.3) is 0 Å². The number of anilines is 1. The molecule has 19 heavy (non-hydrogen) atoms.